The Morgan fingerprint density at radius 2 is 1.47 bits per heavy atom. The van der Waals surface area contributed by atoms with Crippen LogP contribution in [0.25, 0.3) is 0 Å². The number of carbonyl (C=O) groups excluding carboxylic acids is 1. The van der Waals surface area contributed by atoms with Crippen LogP contribution in [0.15, 0.2) is 70.3 Å². The molecule has 1 atom stereocenters. The second-order valence-electron chi connectivity index (χ2n) is 7.74. The average Bonchev–Trinajstić information content (AvgIpc) is 2.74. The van der Waals surface area contributed by atoms with E-state index in [1.165, 1.54) is 4.57 Å². The van der Waals surface area contributed by atoms with Gasteiger partial charge in [0.1, 0.15) is 0 Å². The molecule has 1 aliphatic rings. The van der Waals surface area contributed by atoms with E-state index in [4.69, 9.17) is 0 Å². The van der Waals surface area contributed by atoms with Crippen molar-refractivity contribution < 1.29 is 9.90 Å². The van der Waals surface area contributed by atoms with Gasteiger partial charge in [0.15, 0.2) is 5.69 Å². The first kappa shape index (κ1) is 19.7. The fourth-order valence-corrected chi connectivity index (χ4v) is 4.22. The number of hydrogen-bond donors (Lipinski definition) is 2. The number of fused-ring (bicyclic) bond motifs is 1. The molecule has 2 N–H and O–H groups in total. The lowest BCUT2D eigenvalue weighted by Gasteiger charge is -2.41. The normalized spacial score (nSPS) is 16.2. The summed E-state index contributed by atoms with van der Waals surface area (Å²) in [6, 6.07) is 18.7. The summed E-state index contributed by atoms with van der Waals surface area (Å²) >= 11 is 0. The van der Waals surface area contributed by atoms with Crippen molar-refractivity contribution in [3.8, 4) is 5.75 Å². The molecule has 2 aromatic carbocycles. The Balaban J connectivity index is 2.02. The summed E-state index contributed by atoms with van der Waals surface area (Å²) in [6.45, 7) is 4.00. The van der Waals surface area contributed by atoms with E-state index in [9.17, 15) is 19.5 Å². The number of nitrogens with zero attached hydrogens (tertiary/aromatic N) is 2. The smallest absolute Gasteiger partial charge is 0.329 e. The zero-order valence-corrected chi connectivity index (χ0v) is 16.8. The van der Waals surface area contributed by atoms with Gasteiger partial charge in [-0.3, -0.25) is 19.1 Å². The minimum Gasteiger partial charge on any atom is -0.501 e. The van der Waals surface area contributed by atoms with Gasteiger partial charge in [0.2, 0.25) is 5.75 Å². The Morgan fingerprint density at radius 3 is 1.97 bits per heavy atom. The van der Waals surface area contributed by atoms with Crippen molar-refractivity contribution in [1.82, 2.24) is 14.5 Å². The Labute approximate surface area is 173 Å². The number of nitrogens with one attached hydrogen (secondary N) is 1. The minimum absolute atomic E-state index is 0.172. The molecule has 2 heterocycles. The molecule has 0 aliphatic carbocycles. The summed E-state index contributed by atoms with van der Waals surface area (Å²) in [7, 11) is 0. The zero-order chi connectivity index (χ0) is 21.4. The first-order valence-electron chi connectivity index (χ1n) is 9.88. The maximum atomic E-state index is 13.1. The Morgan fingerprint density at radius 1 is 0.933 bits per heavy atom. The van der Waals surface area contributed by atoms with Gasteiger partial charge in [0.25, 0.3) is 11.5 Å². The van der Waals surface area contributed by atoms with Crippen LogP contribution in [-0.2, 0) is 0 Å². The predicted octanol–water partition coefficient (Wildman–Crippen LogP) is 2.48. The van der Waals surface area contributed by atoms with E-state index in [0.717, 1.165) is 11.1 Å². The minimum atomic E-state index is -0.958. The molecular formula is C23H23N3O4. The summed E-state index contributed by atoms with van der Waals surface area (Å²) < 4.78 is 1.25. The van der Waals surface area contributed by atoms with E-state index in [0.29, 0.717) is 0 Å². The Kier molecular flexibility index (Phi) is 5.03. The summed E-state index contributed by atoms with van der Waals surface area (Å²) in [5, 5.41) is 10.4. The van der Waals surface area contributed by atoms with Crippen molar-refractivity contribution in [3.63, 3.8) is 0 Å². The van der Waals surface area contributed by atoms with Gasteiger partial charge in [-0.2, -0.15) is 0 Å². The molecule has 7 heteroatoms. The van der Waals surface area contributed by atoms with Gasteiger partial charge in [-0.1, -0.05) is 60.7 Å². The number of aromatic amines is 1. The van der Waals surface area contributed by atoms with E-state index in [1.54, 1.807) is 4.90 Å². The molecule has 154 valence electrons. The first-order chi connectivity index (χ1) is 14.4. The van der Waals surface area contributed by atoms with Gasteiger partial charge >= 0.3 is 5.69 Å². The van der Waals surface area contributed by atoms with E-state index < -0.39 is 28.9 Å². The van der Waals surface area contributed by atoms with Crippen molar-refractivity contribution in [1.29, 1.82) is 0 Å². The molecule has 0 spiro atoms. The predicted molar refractivity (Wildman–Crippen MR) is 113 cm³/mol. The number of benzene rings is 2. The van der Waals surface area contributed by atoms with E-state index in [2.05, 4.69) is 4.98 Å². The number of H-pyrrole nitrogens is 1. The summed E-state index contributed by atoms with van der Waals surface area (Å²) in [4.78, 5) is 41.7. The highest BCUT2D eigenvalue weighted by Gasteiger charge is 2.41. The maximum Gasteiger partial charge on any atom is 0.329 e. The molecule has 0 saturated heterocycles. The van der Waals surface area contributed by atoms with E-state index in [1.807, 2.05) is 74.5 Å². The molecule has 0 radical (unpaired) electrons. The van der Waals surface area contributed by atoms with Crippen molar-refractivity contribution in [2.75, 3.05) is 6.54 Å². The highest BCUT2D eigenvalue weighted by atomic mass is 16.3. The van der Waals surface area contributed by atoms with Gasteiger partial charge in [0.05, 0.1) is 6.04 Å². The summed E-state index contributed by atoms with van der Waals surface area (Å²) in [6.07, 6.45) is 0. The van der Waals surface area contributed by atoms with Crippen molar-refractivity contribution in [2.24, 2.45) is 0 Å². The number of aromatic hydroxyl groups is 1. The Hall–Kier alpha value is -3.61. The van der Waals surface area contributed by atoms with Crippen molar-refractivity contribution in [2.45, 2.75) is 31.8 Å². The highest BCUT2D eigenvalue weighted by Crippen LogP contribution is 2.39. The van der Waals surface area contributed by atoms with Crippen LogP contribution >= 0.6 is 0 Å². The van der Waals surface area contributed by atoms with Gasteiger partial charge in [0, 0.05) is 18.5 Å². The molecule has 3 aromatic rings. The zero-order valence-electron chi connectivity index (χ0n) is 16.8. The first-order valence-corrected chi connectivity index (χ1v) is 9.88. The average molecular weight is 405 g/mol. The molecule has 7 nitrogen and oxygen atoms in total. The van der Waals surface area contributed by atoms with Crippen LogP contribution in [0, 0.1) is 0 Å². The standard InChI is InChI=1S/C23H23N3O4/c1-14(2)25-13-17(26-19(22(25)29)20(27)21(28)24-23(26)30)18(15-9-5-3-6-10-15)16-11-7-4-8-12-16/h3-12,14,17-18,27H,13H2,1-2H3,(H,24,28,30)/t17-/m1/s1. The lowest BCUT2D eigenvalue weighted by Crippen LogP contribution is -2.53. The van der Waals surface area contributed by atoms with Crippen LogP contribution < -0.4 is 11.2 Å². The highest BCUT2D eigenvalue weighted by molar-refractivity contribution is 5.96. The molecule has 1 amide bonds. The third kappa shape index (κ3) is 3.22. The van der Waals surface area contributed by atoms with Crippen LogP contribution in [0.2, 0.25) is 0 Å². The number of rotatable bonds is 4. The molecule has 4 rings (SSSR count). The van der Waals surface area contributed by atoms with E-state index in [-0.39, 0.29) is 24.2 Å². The topological polar surface area (TPSA) is 95.4 Å². The SMILES string of the molecule is CC(C)N1C[C@H](C(c2ccccc2)c2ccccc2)n2c(c(O)c(=O)[nH]c2=O)C1=O. The number of hydrogen-bond acceptors (Lipinski definition) is 4. The van der Waals surface area contributed by atoms with Gasteiger partial charge in [-0.05, 0) is 25.0 Å². The lowest BCUT2D eigenvalue weighted by molar-refractivity contribution is 0.0581. The number of amides is 1. The van der Waals surface area contributed by atoms with Crippen LogP contribution in [0.4, 0.5) is 0 Å². The van der Waals surface area contributed by atoms with Gasteiger partial charge in [-0.15, -0.1) is 0 Å². The molecule has 0 fully saturated rings. The van der Waals surface area contributed by atoms with Gasteiger partial charge in [-0.25, -0.2) is 4.79 Å². The van der Waals surface area contributed by atoms with Crippen LogP contribution in [0.1, 0.15) is 47.4 Å². The second-order valence-corrected chi connectivity index (χ2v) is 7.74. The van der Waals surface area contributed by atoms with E-state index >= 15 is 0 Å². The van der Waals surface area contributed by atoms with Crippen molar-refractivity contribution in [3.05, 3.63) is 98.3 Å². The fourth-order valence-electron chi connectivity index (χ4n) is 4.22. The maximum absolute atomic E-state index is 13.1. The van der Waals surface area contributed by atoms with Crippen molar-refractivity contribution >= 4 is 5.91 Å². The molecule has 30 heavy (non-hydrogen) atoms. The third-order valence-electron chi connectivity index (χ3n) is 5.62. The summed E-state index contributed by atoms with van der Waals surface area (Å²) in [5.41, 5.74) is 0.0162. The third-order valence-corrected chi connectivity index (χ3v) is 5.62. The largest absolute Gasteiger partial charge is 0.501 e. The Bertz CT molecular complexity index is 1140. The molecule has 0 unspecified atom stereocenters. The van der Waals surface area contributed by atoms with Crippen LogP contribution in [0.3, 0.4) is 0 Å². The lowest BCUT2D eigenvalue weighted by atomic mass is 9.83. The fraction of sp³-hybridized carbons (Fsp3) is 0.261. The van der Waals surface area contributed by atoms with Crippen LogP contribution in [-0.4, -0.2) is 38.1 Å². The quantitative estimate of drug-likeness (QED) is 0.697. The van der Waals surface area contributed by atoms with Crippen LogP contribution in [0.5, 0.6) is 5.75 Å². The molecule has 1 aliphatic heterocycles. The number of carbonyl (C=O) groups is 1. The molecule has 1 aromatic heterocycles. The summed E-state index contributed by atoms with van der Waals surface area (Å²) in [5.74, 6) is -1.53. The van der Waals surface area contributed by atoms with Gasteiger partial charge < -0.3 is 10.0 Å². The molecular weight excluding hydrogens is 382 g/mol. The monoisotopic (exact) mass is 405 g/mol. The number of aromatic nitrogens is 2. The second kappa shape index (κ2) is 7.67. The molecule has 0 saturated carbocycles. The molecule has 0 bridgehead atoms.